The molecular weight excluding hydrogens is 467 g/mol. The van der Waals surface area contributed by atoms with Crippen molar-refractivity contribution in [1.82, 2.24) is 10.2 Å². The Hall–Kier alpha value is -2.16. The molecule has 0 unspecified atom stereocenters. The third kappa shape index (κ3) is 5.43. The Morgan fingerprint density at radius 1 is 0.964 bits per heavy atom. The molecule has 2 aromatic rings. The van der Waals surface area contributed by atoms with Crippen molar-refractivity contribution in [2.45, 2.75) is 6.54 Å². The molecule has 3 rings (SSSR count). The fourth-order valence-electron chi connectivity index (χ4n) is 3.32. The molecular formula is C21H29IN4O2. The van der Waals surface area contributed by atoms with Gasteiger partial charge in [0.25, 0.3) is 0 Å². The van der Waals surface area contributed by atoms with Crippen LogP contribution in [0.25, 0.3) is 0 Å². The summed E-state index contributed by atoms with van der Waals surface area (Å²) in [5.41, 5.74) is 2.40. The van der Waals surface area contributed by atoms with Crippen LogP contribution in [-0.4, -0.2) is 58.3 Å². The summed E-state index contributed by atoms with van der Waals surface area (Å²) in [7, 11) is 5.13. The molecule has 0 radical (unpaired) electrons. The number of rotatable bonds is 5. The van der Waals surface area contributed by atoms with Crippen LogP contribution in [0.3, 0.4) is 0 Å². The number of anilines is 1. The number of benzene rings is 2. The number of para-hydroxylation sites is 1. The van der Waals surface area contributed by atoms with Gasteiger partial charge in [0.2, 0.25) is 0 Å². The second kappa shape index (κ2) is 11.0. The lowest BCUT2D eigenvalue weighted by molar-refractivity contribution is 0.354. The largest absolute Gasteiger partial charge is 0.493 e. The first-order chi connectivity index (χ1) is 13.2. The molecule has 1 saturated heterocycles. The highest BCUT2D eigenvalue weighted by atomic mass is 127. The fourth-order valence-corrected chi connectivity index (χ4v) is 3.32. The van der Waals surface area contributed by atoms with E-state index in [1.807, 2.05) is 25.2 Å². The maximum atomic E-state index is 5.38. The zero-order valence-corrected chi connectivity index (χ0v) is 19.1. The average Bonchev–Trinajstić information content (AvgIpc) is 2.75. The van der Waals surface area contributed by atoms with Crippen molar-refractivity contribution in [3.05, 3.63) is 54.1 Å². The zero-order chi connectivity index (χ0) is 19.1. The number of nitrogens with zero attached hydrogens (tertiary/aromatic N) is 3. The van der Waals surface area contributed by atoms with Crippen molar-refractivity contribution in [3.63, 3.8) is 0 Å². The van der Waals surface area contributed by atoms with Crippen LogP contribution in [0.2, 0.25) is 0 Å². The first kappa shape index (κ1) is 22.1. The van der Waals surface area contributed by atoms with Gasteiger partial charge >= 0.3 is 0 Å². The summed E-state index contributed by atoms with van der Waals surface area (Å²) in [5, 5.41) is 3.46. The zero-order valence-electron chi connectivity index (χ0n) is 16.7. The smallest absolute Gasteiger partial charge is 0.194 e. The Kier molecular flexibility index (Phi) is 8.69. The highest BCUT2D eigenvalue weighted by molar-refractivity contribution is 14.0. The van der Waals surface area contributed by atoms with Crippen LogP contribution in [0.15, 0.2) is 53.5 Å². The Morgan fingerprint density at radius 2 is 1.64 bits per heavy atom. The van der Waals surface area contributed by atoms with E-state index in [2.05, 4.69) is 50.4 Å². The minimum Gasteiger partial charge on any atom is -0.493 e. The van der Waals surface area contributed by atoms with E-state index >= 15 is 0 Å². The number of methoxy groups -OCH3 is 2. The standard InChI is InChI=1S/C21H28N4O2.HI/c1-22-21(23-16-17-9-10-19(26-2)20(15-17)27-3)25-13-11-24(12-14-25)18-7-5-4-6-8-18;/h4-10,15H,11-14,16H2,1-3H3,(H,22,23);1H. The summed E-state index contributed by atoms with van der Waals surface area (Å²) < 4.78 is 10.7. The maximum Gasteiger partial charge on any atom is 0.194 e. The molecule has 0 spiro atoms. The van der Waals surface area contributed by atoms with E-state index in [1.165, 1.54) is 5.69 Å². The highest BCUT2D eigenvalue weighted by Crippen LogP contribution is 2.27. The van der Waals surface area contributed by atoms with E-state index in [9.17, 15) is 0 Å². The number of hydrogen-bond acceptors (Lipinski definition) is 4. The fraction of sp³-hybridized carbons (Fsp3) is 0.381. The number of guanidine groups is 1. The van der Waals surface area contributed by atoms with Gasteiger partial charge < -0.3 is 24.6 Å². The minimum atomic E-state index is 0. The van der Waals surface area contributed by atoms with E-state index < -0.39 is 0 Å². The molecule has 0 bridgehead atoms. The van der Waals surface area contributed by atoms with E-state index in [1.54, 1.807) is 14.2 Å². The van der Waals surface area contributed by atoms with Crippen LogP contribution in [0, 0.1) is 0 Å². The van der Waals surface area contributed by atoms with Gasteiger partial charge in [-0.3, -0.25) is 4.99 Å². The summed E-state index contributed by atoms with van der Waals surface area (Å²) in [6.07, 6.45) is 0. The molecule has 0 aromatic heterocycles. The molecule has 1 N–H and O–H groups in total. The molecule has 1 fully saturated rings. The van der Waals surface area contributed by atoms with E-state index in [4.69, 9.17) is 9.47 Å². The highest BCUT2D eigenvalue weighted by Gasteiger charge is 2.19. The Morgan fingerprint density at radius 3 is 2.25 bits per heavy atom. The molecule has 0 aliphatic carbocycles. The summed E-state index contributed by atoms with van der Waals surface area (Å²) in [5.74, 6) is 2.41. The third-order valence-corrected chi connectivity index (χ3v) is 4.81. The van der Waals surface area contributed by atoms with Crippen molar-refractivity contribution in [2.24, 2.45) is 4.99 Å². The number of ether oxygens (including phenoxy) is 2. The van der Waals surface area contributed by atoms with Gasteiger partial charge in [0.1, 0.15) is 0 Å². The van der Waals surface area contributed by atoms with Crippen molar-refractivity contribution in [2.75, 3.05) is 52.3 Å². The van der Waals surface area contributed by atoms with Crippen LogP contribution in [0.5, 0.6) is 11.5 Å². The van der Waals surface area contributed by atoms with Gasteiger partial charge in [0.05, 0.1) is 14.2 Å². The predicted molar refractivity (Wildman–Crippen MR) is 125 cm³/mol. The van der Waals surface area contributed by atoms with Crippen molar-refractivity contribution < 1.29 is 9.47 Å². The van der Waals surface area contributed by atoms with Gasteiger partial charge in [-0.2, -0.15) is 0 Å². The van der Waals surface area contributed by atoms with Crippen molar-refractivity contribution >= 4 is 35.6 Å². The SMILES string of the molecule is CN=C(NCc1ccc(OC)c(OC)c1)N1CCN(c2ccccc2)CC1.I. The summed E-state index contributed by atoms with van der Waals surface area (Å²) in [6.45, 7) is 4.55. The van der Waals surface area contributed by atoms with Gasteiger partial charge in [-0.15, -0.1) is 24.0 Å². The molecule has 2 aromatic carbocycles. The van der Waals surface area contributed by atoms with Crippen LogP contribution in [0.1, 0.15) is 5.56 Å². The summed E-state index contributed by atoms with van der Waals surface area (Å²) in [4.78, 5) is 9.18. The first-order valence-electron chi connectivity index (χ1n) is 9.21. The second-order valence-corrected chi connectivity index (χ2v) is 6.40. The molecule has 0 atom stereocenters. The normalized spacial score (nSPS) is 14.3. The molecule has 6 nitrogen and oxygen atoms in total. The molecule has 152 valence electrons. The van der Waals surface area contributed by atoms with Crippen LogP contribution in [0.4, 0.5) is 5.69 Å². The topological polar surface area (TPSA) is 49.3 Å². The van der Waals surface area contributed by atoms with E-state index in [0.717, 1.165) is 49.2 Å². The maximum absolute atomic E-state index is 5.38. The number of piperazine rings is 1. The third-order valence-electron chi connectivity index (χ3n) is 4.81. The first-order valence-corrected chi connectivity index (χ1v) is 9.21. The molecule has 0 amide bonds. The van der Waals surface area contributed by atoms with Crippen LogP contribution >= 0.6 is 24.0 Å². The summed E-state index contributed by atoms with van der Waals surface area (Å²) in [6, 6.07) is 16.5. The van der Waals surface area contributed by atoms with Gasteiger partial charge in [-0.05, 0) is 29.8 Å². The van der Waals surface area contributed by atoms with Crippen LogP contribution in [-0.2, 0) is 6.54 Å². The number of hydrogen-bond donors (Lipinski definition) is 1. The Labute approximate surface area is 184 Å². The lowest BCUT2D eigenvalue weighted by Crippen LogP contribution is -2.52. The number of nitrogens with one attached hydrogen (secondary N) is 1. The lowest BCUT2D eigenvalue weighted by atomic mass is 10.2. The van der Waals surface area contributed by atoms with Crippen molar-refractivity contribution in [1.29, 1.82) is 0 Å². The lowest BCUT2D eigenvalue weighted by Gasteiger charge is -2.37. The minimum absolute atomic E-state index is 0. The molecule has 0 saturated carbocycles. The van der Waals surface area contributed by atoms with Gasteiger partial charge in [-0.1, -0.05) is 24.3 Å². The van der Waals surface area contributed by atoms with E-state index in [-0.39, 0.29) is 24.0 Å². The monoisotopic (exact) mass is 496 g/mol. The predicted octanol–water partition coefficient (Wildman–Crippen LogP) is 3.22. The molecule has 7 heteroatoms. The molecule has 1 aliphatic heterocycles. The number of aliphatic imine (C=N–C) groups is 1. The Bertz CT molecular complexity index is 762. The molecule has 1 aliphatic rings. The quantitative estimate of drug-likeness (QED) is 0.392. The molecule has 28 heavy (non-hydrogen) atoms. The average molecular weight is 496 g/mol. The molecule has 1 heterocycles. The van der Waals surface area contributed by atoms with Crippen LogP contribution < -0.4 is 19.7 Å². The van der Waals surface area contributed by atoms with Gasteiger partial charge in [-0.25, -0.2) is 0 Å². The Balaban J connectivity index is 0.00000280. The van der Waals surface area contributed by atoms with Gasteiger partial charge in [0.15, 0.2) is 17.5 Å². The van der Waals surface area contributed by atoms with E-state index in [0.29, 0.717) is 6.54 Å². The number of halogens is 1. The van der Waals surface area contributed by atoms with Crippen molar-refractivity contribution in [3.8, 4) is 11.5 Å². The second-order valence-electron chi connectivity index (χ2n) is 6.40. The summed E-state index contributed by atoms with van der Waals surface area (Å²) >= 11 is 0. The van der Waals surface area contributed by atoms with Gasteiger partial charge in [0, 0.05) is 45.5 Å².